The molecule has 9 heteroatoms. The van der Waals surface area contributed by atoms with Gasteiger partial charge in [0.25, 0.3) is 0 Å². The van der Waals surface area contributed by atoms with Gasteiger partial charge in [-0.3, -0.25) is 0 Å². The van der Waals surface area contributed by atoms with E-state index in [-0.39, 0.29) is 6.03 Å². The highest BCUT2D eigenvalue weighted by atomic mass is 16.5. The Hall–Kier alpha value is -4.01. The fraction of sp³-hybridized carbons (Fsp3) is 0.320. The van der Waals surface area contributed by atoms with Gasteiger partial charge in [-0.1, -0.05) is 30.3 Å². The van der Waals surface area contributed by atoms with Crippen LogP contribution in [0.2, 0.25) is 0 Å². The van der Waals surface area contributed by atoms with Gasteiger partial charge in [0.1, 0.15) is 23.6 Å². The third-order valence-electron chi connectivity index (χ3n) is 5.94. The maximum absolute atomic E-state index is 13.6. The maximum Gasteiger partial charge on any atom is 0.328 e. The molecule has 2 atom stereocenters. The van der Waals surface area contributed by atoms with Crippen LogP contribution >= 0.6 is 0 Å². The van der Waals surface area contributed by atoms with Crippen LogP contribution in [0.5, 0.6) is 11.5 Å². The Bertz CT molecular complexity index is 1120. The first-order chi connectivity index (χ1) is 16.5. The molecule has 0 radical (unpaired) electrons. The van der Waals surface area contributed by atoms with E-state index >= 15 is 0 Å². The number of nitrogens with zero attached hydrogens (tertiary/aromatic N) is 2. The van der Waals surface area contributed by atoms with E-state index in [1.165, 1.54) is 7.11 Å². The van der Waals surface area contributed by atoms with Gasteiger partial charge in [-0.05, 0) is 23.3 Å². The molecule has 2 aromatic carbocycles. The van der Waals surface area contributed by atoms with Crippen molar-refractivity contribution in [3.63, 3.8) is 0 Å². The van der Waals surface area contributed by atoms with Crippen molar-refractivity contribution >= 4 is 12.0 Å². The minimum atomic E-state index is -0.832. The van der Waals surface area contributed by atoms with Gasteiger partial charge in [-0.25, -0.2) is 14.6 Å². The Morgan fingerprint density at radius 2 is 1.82 bits per heavy atom. The number of hydrogen-bond donors (Lipinski definition) is 2. The number of aromatic nitrogens is 2. The summed E-state index contributed by atoms with van der Waals surface area (Å²) in [5.41, 5.74) is 3.41. The molecule has 9 nitrogen and oxygen atoms in total. The van der Waals surface area contributed by atoms with Crippen molar-refractivity contribution in [3.8, 4) is 11.5 Å². The Morgan fingerprint density at radius 1 is 1.12 bits per heavy atom. The zero-order valence-electron chi connectivity index (χ0n) is 19.4. The summed E-state index contributed by atoms with van der Waals surface area (Å²) in [4.78, 5) is 35.4. The van der Waals surface area contributed by atoms with Gasteiger partial charge in [0.05, 0.1) is 33.4 Å². The topological polar surface area (TPSA) is 106 Å². The lowest BCUT2D eigenvalue weighted by Gasteiger charge is -2.36. The molecular formula is C25H28N4O5. The van der Waals surface area contributed by atoms with Gasteiger partial charge in [-0.2, -0.15) is 0 Å². The number of benzene rings is 2. The predicted molar refractivity (Wildman–Crippen MR) is 125 cm³/mol. The molecule has 2 amide bonds. The first-order valence-electron chi connectivity index (χ1n) is 11.0. The quantitative estimate of drug-likeness (QED) is 0.521. The number of carbonyl (C=O) groups is 2. The second-order valence-electron chi connectivity index (χ2n) is 7.97. The number of fused-ring (bicyclic) bond motifs is 1. The van der Waals surface area contributed by atoms with Crippen LogP contribution in [-0.4, -0.2) is 60.8 Å². The van der Waals surface area contributed by atoms with Gasteiger partial charge in [0, 0.05) is 31.1 Å². The molecule has 0 unspecified atom stereocenters. The lowest BCUT2D eigenvalue weighted by molar-refractivity contribution is -0.142. The lowest BCUT2D eigenvalue weighted by atomic mass is 9.95. The fourth-order valence-corrected chi connectivity index (χ4v) is 4.24. The van der Waals surface area contributed by atoms with Crippen LogP contribution in [-0.2, 0) is 22.4 Å². The number of esters is 1. The average Bonchev–Trinajstić information content (AvgIpc) is 3.36. The Kier molecular flexibility index (Phi) is 7.01. The molecule has 0 saturated carbocycles. The van der Waals surface area contributed by atoms with Crippen molar-refractivity contribution in [2.75, 3.05) is 27.9 Å². The van der Waals surface area contributed by atoms with Gasteiger partial charge >= 0.3 is 12.0 Å². The maximum atomic E-state index is 13.6. The Labute approximate surface area is 198 Å². The van der Waals surface area contributed by atoms with Crippen LogP contribution in [0, 0.1) is 0 Å². The van der Waals surface area contributed by atoms with E-state index < -0.39 is 18.1 Å². The molecule has 178 valence electrons. The molecule has 2 heterocycles. The number of methoxy groups -OCH3 is 3. The monoisotopic (exact) mass is 464 g/mol. The molecule has 4 rings (SSSR count). The lowest BCUT2D eigenvalue weighted by Crippen LogP contribution is -2.52. The van der Waals surface area contributed by atoms with Crippen molar-refractivity contribution in [2.45, 2.75) is 24.9 Å². The predicted octanol–water partition coefficient (Wildman–Crippen LogP) is 2.87. The van der Waals surface area contributed by atoms with E-state index in [0.717, 1.165) is 22.5 Å². The fourth-order valence-electron chi connectivity index (χ4n) is 4.24. The molecule has 2 N–H and O–H groups in total. The Morgan fingerprint density at radius 3 is 2.47 bits per heavy atom. The number of aromatic amines is 1. The second kappa shape index (κ2) is 10.3. The van der Waals surface area contributed by atoms with Crippen LogP contribution in [0.25, 0.3) is 0 Å². The number of urea groups is 1. The van der Waals surface area contributed by atoms with Crippen LogP contribution in [0.4, 0.5) is 4.79 Å². The number of hydrogen-bond acceptors (Lipinski definition) is 6. The number of ether oxygens (including phenoxy) is 3. The number of imidazole rings is 1. The van der Waals surface area contributed by atoms with E-state index in [1.54, 1.807) is 31.5 Å². The summed E-state index contributed by atoms with van der Waals surface area (Å²) in [6.45, 7) is 0.435. The summed E-state index contributed by atoms with van der Waals surface area (Å²) in [5.74, 6) is 0.706. The summed E-state index contributed by atoms with van der Waals surface area (Å²) < 4.78 is 15.8. The summed E-state index contributed by atoms with van der Waals surface area (Å²) in [6.07, 6.45) is 2.56. The van der Waals surface area contributed by atoms with Gasteiger partial charge in [-0.15, -0.1) is 0 Å². The van der Waals surface area contributed by atoms with Gasteiger partial charge < -0.3 is 29.4 Å². The number of amides is 2. The molecule has 0 saturated heterocycles. The van der Waals surface area contributed by atoms with Gasteiger partial charge in [0.15, 0.2) is 0 Å². The van der Waals surface area contributed by atoms with Crippen LogP contribution in [0.15, 0.2) is 54.9 Å². The molecule has 1 aliphatic rings. The zero-order valence-corrected chi connectivity index (χ0v) is 19.4. The molecule has 0 spiro atoms. The second-order valence-corrected chi connectivity index (χ2v) is 7.97. The van der Waals surface area contributed by atoms with E-state index in [2.05, 4.69) is 15.3 Å². The molecule has 34 heavy (non-hydrogen) atoms. The smallest absolute Gasteiger partial charge is 0.328 e. The normalized spacial score (nSPS) is 15.7. The minimum absolute atomic E-state index is 0.318. The zero-order chi connectivity index (χ0) is 24.1. The van der Waals surface area contributed by atoms with Crippen LogP contribution in [0.1, 0.15) is 28.6 Å². The average molecular weight is 465 g/mol. The summed E-state index contributed by atoms with van der Waals surface area (Å²) >= 11 is 0. The van der Waals surface area contributed by atoms with Crippen molar-refractivity contribution in [1.29, 1.82) is 0 Å². The summed E-state index contributed by atoms with van der Waals surface area (Å²) in [7, 11) is 4.47. The number of rotatable bonds is 7. The SMILES string of the molecule is COC(=O)[C@H](Cc1ccccc1)NC(=O)N1CCc2[nH]cnc2[C@@H]1c1cc(OC)cc(OC)c1. The molecule has 0 fully saturated rings. The number of carbonyl (C=O) groups excluding carboxylic acids is 2. The largest absolute Gasteiger partial charge is 0.497 e. The van der Waals surface area contributed by atoms with Crippen molar-refractivity contribution < 1.29 is 23.8 Å². The molecular weight excluding hydrogens is 436 g/mol. The molecule has 1 aliphatic heterocycles. The molecule has 1 aromatic heterocycles. The van der Waals surface area contributed by atoms with E-state index in [9.17, 15) is 9.59 Å². The third kappa shape index (κ3) is 4.83. The highest BCUT2D eigenvalue weighted by molar-refractivity contribution is 5.84. The van der Waals surface area contributed by atoms with Gasteiger partial charge in [0.2, 0.25) is 0 Å². The van der Waals surface area contributed by atoms with E-state index in [0.29, 0.717) is 30.9 Å². The van der Waals surface area contributed by atoms with Crippen molar-refractivity contribution in [3.05, 3.63) is 77.4 Å². The number of H-pyrrole nitrogens is 1. The molecule has 3 aromatic rings. The summed E-state index contributed by atoms with van der Waals surface area (Å²) in [5, 5.41) is 2.88. The minimum Gasteiger partial charge on any atom is -0.497 e. The Balaban J connectivity index is 1.66. The van der Waals surface area contributed by atoms with Crippen LogP contribution in [0.3, 0.4) is 0 Å². The van der Waals surface area contributed by atoms with E-state index in [1.807, 2.05) is 42.5 Å². The summed E-state index contributed by atoms with van der Waals surface area (Å²) in [6, 6.07) is 13.3. The number of nitrogens with one attached hydrogen (secondary N) is 2. The highest BCUT2D eigenvalue weighted by Gasteiger charge is 2.36. The highest BCUT2D eigenvalue weighted by Crippen LogP contribution is 2.37. The third-order valence-corrected chi connectivity index (χ3v) is 5.94. The van der Waals surface area contributed by atoms with Crippen molar-refractivity contribution in [1.82, 2.24) is 20.2 Å². The van der Waals surface area contributed by atoms with E-state index in [4.69, 9.17) is 14.2 Å². The standard InChI is InChI=1S/C25H28N4O5/c1-32-18-12-17(13-19(14-18)33-2)23-22-20(26-15-27-22)9-10-29(23)25(31)28-21(24(30)34-3)11-16-7-5-4-6-8-16/h4-8,12-15,21,23H,9-11H2,1-3H3,(H,26,27)(H,28,31)/t21-,23-/m0/s1. The first kappa shape index (κ1) is 23.2. The van der Waals surface area contributed by atoms with Crippen LogP contribution < -0.4 is 14.8 Å². The molecule has 0 aliphatic carbocycles. The first-order valence-corrected chi connectivity index (χ1v) is 11.0. The molecule has 0 bridgehead atoms. The van der Waals surface area contributed by atoms with Crippen molar-refractivity contribution in [2.24, 2.45) is 0 Å².